The van der Waals surface area contributed by atoms with E-state index in [0.717, 1.165) is 18.8 Å². The van der Waals surface area contributed by atoms with Crippen LogP contribution in [0.1, 0.15) is 26.7 Å². The van der Waals surface area contributed by atoms with E-state index in [4.69, 9.17) is 4.74 Å². The van der Waals surface area contributed by atoms with Crippen LogP contribution in [0.4, 0.5) is 0 Å². The normalized spacial score (nSPS) is 29.0. The molecule has 0 aromatic rings. The Hall–Kier alpha value is -0.990. The predicted octanol–water partition coefficient (Wildman–Crippen LogP) is 1.26. The minimum Gasteiger partial charge on any atom is -0.410 e. The molecular formula is C9H13NO2. The third-order valence-electron chi connectivity index (χ3n) is 2.53. The zero-order valence-corrected chi connectivity index (χ0v) is 7.46. The SMILES string of the molecule is CC1=C2OC(=O)CCN2C(C)C1. The highest BCUT2D eigenvalue weighted by atomic mass is 16.6. The van der Waals surface area contributed by atoms with Crippen molar-refractivity contribution in [1.29, 1.82) is 0 Å². The molecule has 3 nitrogen and oxygen atoms in total. The standard InChI is InChI=1S/C9H13NO2/c1-6-5-7(2)10-4-3-8(11)12-9(6)10/h7H,3-5H2,1-2H3. The number of carbonyl (C=O) groups excluding carboxylic acids is 1. The Morgan fingerprint density at radius 1 is 1.58 bits per heavy atom. The van der Waals surface area contributed by atoms with E-state index in [1.165, 1.54) is 5.57 Å². The molecule has 0 aromatic carbocycles. The molecule has 3 heteroatoms. The number of hydrogen-bond acceptors (Lipinski definition) is 3. The van der Waals surface area contributed by atoms with Gasteiger partial charge in [0.25, 0.3) is 0 Å². The number of esters is 1. The number of hydrogen-bond donors (Lipinski definition) is 0. The Morgan fingerprint density at radius 2 is 2.33 bits per heavy atom. The van der Waals surface area contributed by atoms with Gasteiger partial charge in [0.15, 0.2) is 5.88 Å². The summed E-state index contributed by atoms with van der Waals surface area (Å²) in [6.07, 6.45) is 1.56. The number of fused-ring (bicyclic) bond motifs is 1. The van der Waals surface area contributed by atoms with Gasteiger partial charge in [0.1, 0.15) is 0 Å². The summed E-state index contributed by atoms with van der Waals surface area (Å²) in [5.74, 6) is 0.730. The summed E-state index contributed by atoms with van der Waals surface area (Å²) < 4.78 is 5.16. The molecule has 0 N–H and O–H groups in total. The van der Waals surface area contributed by atoms with E-state index < -0.39 is 0 Å². The van der Waals surface area contributed by atoms with Crippen LogP contribution >= 0.6 is 0 Å². The average Bonchev–Trinajstić information content (AvgIpc) is 2.28. The fourth-order valence-corrected chi connectivity index (χ4v) is 1.92. The van der Waals surface area contributed by atoms with Gasteiger partial charge in [-0.2, -0.15) is 0 Å². The van der Waals surface area contributed by atoms with Crippen LogP contribution in [-0.2, 0) is 9.53 Å². The van der Waals surface area contributed by atoms with Crippen molar-refractivity contribution in [3.8, 4) is 0 Å². The van der Waals surface area contributed by atoms with E-state index in [-0.39, 0.29) is 5.97 Å². The lowest BCUT2D eigenvalue weighted by atomic mass is 10.2. The molecule has 2 heterocycles. The predicted molar refractivity (Wildman–Crippen MR) is 44.2 cm³/mol. The topological polar surface area (TPSA) is 29.5 Å². The number of nitrogens with zero attached hydrogens (tertiary/aromatic N) is 1. The van der Waals surface area contributed by atoms with Gasteiger partial charge in [-0.05, 0) is 25.8 Å². The van der Waals surface area contributed by atoms with Crippen molar-refractivity contribution in [1.82, 2.24) is 4.90 Å². The molecule has 0 radical (unpaired) electrons. The van der Waals surface area contributed by atoms with E-state index in [1.807, 2.05) is 6.92 Å². The van der Waals surface area contributed by atoms with Crippen LogP contribution in [0, 0.1) is 0 Å². The molecule has 0 amide bonds. The highest BCUT2D eigenvalue weighted by Gasteiger charge is 2.33. The molecule has 0 spiro atoms. The van der Waals surface area contributed by atoms with Gasteiger partial charge in [0.05, 0.1) is 6.42 Å². The van der Waals surface area contributed by atoms with Crippen molar-refractivity contribution in [2.75, 3.05) is 6.54 Å². The third kappa shape index (κ3) is 1.00. The van der Waals surface area contributed by atoms with Gasteiger partial charge in [0.2, 0.25) is 0 Å². The van der Waals surface area contributed by atoms with Crippen LogP contribution < -0.4 is 0 Å². The minimum absolute atomic E-state index is 0.0882. The summed E-state index contributed by atoms with van der Waals surface area (Å²) in [5, 5.41) is 0. The van der Waals surface area contributed by atoms with Crippen LogP contribution in [0.5, 0.6) is 0 Å². The number of carbonyl (C=O) groups is 1. The molecule has 1 unspecified atom stereocenters. The van der Waals surface area contributed by atoms with Crippen molar-refractivity contribution >= 4 is 5.97 Å². The lowest BCUT2D eigenvalue weighted by Crippen LogP contribution is -2.35. The first-order chi connectivity index (χ1) is 5.68. The highest BCUT2D eigenvalue weighted by molar-refractivity contribution is 5.72. The van der Waals surface area contributed by atoms with Crippen molar-refractivity contribution in [2.24, 2.45) is 0 Å². The summed E-state index contributed by atoms with van der Waals surface area (Å²) in [6.45, 7) is 5.02. The van der Waals surface area contributed by atoms with Gasteiger partial charge >= 0.3 is 5.97 Å². The summed E-state index contributed by atoms with van der Waals surface area (Å²) in [4.78, 5) is 13.2. The Morgan fingerprint density at radius 3 is 3.08 bits per heavy atom. The van der Waals surface area contributed by atoms with Crippen molar-refractivity contribution in [2.45, 2.75) is 32.7 Å². The van der Waals surface area contributed by atoms with E-state index in [1.54, 1.807) is 0 Å². The number of ether oxygens (including phenoxy) is 1. The zero-order valence-electron chi connectivity index (χ0n) is 7.46. The maximum absolute atomic E-state index is 11.0. The highest BCUT2D eigenvalue weighted by Crippen LogP contribution is 2.31. The fraction of sp³-hybridized carbons (Fsp3) is 0.667. The van der Waals surface area contributed by atoms with Crippen LogP contribution in [-0.4, -0.2) is 23.5 Å². The van der Waals surface area contributed by atoms with E-state index in [2.05, 4.69) is 11.8 Å². The molecule has 2 rings (SSSR count). The second kappa shape index (κ2) is 2.51. The van der Waals surface area contributed by atoms with E-state index >= 15 is 0 Å². The van der Waals surface area contributed by atoms with Gasteiger partial charge in [-0.1, -0.05) is 0 Å². The zero-order chi connectivity index (χ0) is 8.72. The molecule has 2 aliphatic heterocycles. The van der Waals surface area contributed by atoms with Gasteiger partial charge in [-0.3, -0.25) is 4.79 Å². The fourth-order valence-electron chi connectivity index (χ4n) is 1.92. The van der Waals surface area contributed by atoms with Gasteiger partial charge in [-0.15, -0.1) is 0 Å². The largest absolute Gasteiger partial charge is 0.410 e. The van der Waals surface area contributed by atoms with Crippen LogP contribution in [0.2, 0.25) is 0 Å². The summed E-state index contributed by atoms with van der Waals surface area (Å²) in [6, 6.07) is 0.507. The van der Waals surface area contributed by atoms with Crippen LogP contribution in [0.3, 0.4) is 0 Å². The molecule has 66 valence electrons. The quantitative estimate of drug-likeness (QED) is 0.509. The summed E-state index contributed by atoms with van der Waals surface area (Å²) in [5.41, 5.74) is 1.20. The van der Waals surface area contributed by atoms with Crippen LogP contribution in [0.25, 0.3) is 0 Å². The Balaban J connectivity index is 2.24. The maximum Gasteiger partial charge on any atom is 0.314 e. The molecule has 1 saturated heterocycles. The molecule has 0 aromatic heterocycles. The molecule has 12 heavy (non-hydrogen) atoms. The van der Waals surface area contributed by atoms with E-state index in [9.17, 15) is 4.79 Å². The third-order valence-corrected chi connectivity index (χ3v) is 2.53. The van der Waals surface area contributed by atoms with Crippen molar-refractivity contribution < 1.29 is 9.53 Å². The second-order valence-electron chi connectivity index (χ2n) is 3.56. The Bertz CT molecular complexity index is 257. The first-order valence-electron chi connectivity index (χ1n) is 4.35. The molecule has 1 atom stereocenters. The molecule has 2 aliphatic rings. The lowest BCUT2D eigenvalue weighted by molar-refractivity contribution is -0.146. The molecule has 0 saturated carbocycles. The molecule has 0 bridgehead atoms. The monoisotopic (exact) mass is 167 g/mol. The summed E-state index contributed by atoms with van der Waals surface area (Å²) >= 11 is 0. The second-order valence-corrected chi connectivity index (χ2v) is 3.56. The first-order valence-corrected chi connectivity index (χ1v) is 4.35. The van der Waals surface area contributed by atoms with Gasteiger partial charge in [0, 0.05) is 12.6 Å². The minimum atomic E-state index is -0.0882. The Labute approximate surface area is 72.0 Å². The van der Waals surface area contributed by atoms with Crippen molar-refractivity contribution in [3.63, 3.8) is 0 Å². The molecular weight excluding hydrogens is 154 g/mol. The smallest absolute Gasteiger partial charge is 0.314 e. The van der Waals surface area contributed by atoms with Gasteiger partial charge < -0.3 is 9.64 Å². The Kier molecular flexibility index (Phi) is 1.60. The van der Waals surface area contributed by atoms with Crippen LogP contribution in [0.15, 0.2) is 11.5 Å². The summed E-state index contributed by atoms with van der Waals surface area (Å²) in [7, 11) is 0. The average molecular weight is 167 g/mol. The van der Waals surface area contributed by atoms with Gasteiger partial charge in [-0.25, -0.2) is 0 Å². The van der Waals surface area contributed by atoms with Crippen molar-refractivity contribution in [3.05, 3.63) is 11.5 Å². The van der Waals surface area contributed by atoms with E-state index in [0.29, 0.717) is 12.5 Å². The lowest BCUT2D eigenvalue weighted by Gasteiger charge is -2.29. The molecule has 0 aliphatic carbocycles. The number of rotatable bonds is 0. The maximum atomic E-state index is 11.0. The molecule has 1 fully saturated rings. The first kappa shape index (κ1) is 7.65.